The Morgan fingerprint density at radius 1 is 0.957 bits per heavy atom. The molecular weight excluding hydrogens is 359 g/mol. The maximum atomic E-state index is 12.0. The molecule has 0 spiro atoms. The summed E-state index contributed by atoms with van der Waals surface area (Å²) in [7, 11) is 0. The van der Waals surface area contributed by atoms with Gasteiger partial charge in [-0.15, -0.1) is 0 Å². The average molecular weight is 372 g/mol. The van der Waals surface area contributed by atoms with Gasteiger partial charge in [-0.3, -0.25) is 9.59 Å². The topological polar surface area (TPSA) is 58.2 Å². The molecule has 0 saturated heterocycles. The Morgan fingerprint density at radius 2 is 1.61 bits per heavy atom. The first kappa shape index (κ1) is 17.6. The van der Waals surface area contributed by atoms with Crippen molar-refractivity contribution in [2.75, 3.05) is 10.6 Å². The highest BCUT2D eigenvalue weighted by molar-refractivity contribution is 6.44. The van der Waals surface area contributed by atoms with Crippen molar-refractivity contribution in [3.8, 4) is 0 Å². The van der Waals surface area contributed by atoms with Crippen molar-refractivity contribution in [2.45, 2.75) is 13.3 Å². The minimum Gasteiger partial charge on any atom is -0.325 e. The number of benzene rings is 2. The highest BCUT2D eigenvalue weighted by atomic mass is 35.5. The largest absolute Gasteiger partial charge is 0.325 e. The molecule has 0 atom stereocenters. The lowest BCUT2D eigenvalue weighted by molar-refractivity contribution is -0.123. The molecule has 120 valence electrons. The highest BCUT2D eigenvalue weighted by Crippen LogP contribution is 2.29. The number of amides is 2. The number of anilines is 2. The van der Waals surface area contributed by atoms with Crippen molar-refractivity contribution in [2.24, 2.45) is 0 Å². The Balaban J connectivity index is 1.98. The number of carbonyl (C=O) groups is 2. The molecule has 0 unspecified atom stereocenters. The molecule has 0 aliphatic rings. The number of nitrogens with one attached hydrogen (secondary N) is 2. The van der Waals surface area contributed by atoms with E-state index < -0.39 is 11.8 Å². The number of hydrogen-bond acceptors (Lipinski definition) is 2. The predicted octanol–water partition coefficient (Wildman–Crippen LogP) is 4.92. The molecule has 0 radical (unpaired) electrons. The van der Waals surface area contributed by atoms with E-state index in [1.54, 1.807) is 36.4 Å². The molecule has 0 bridgehead atoms. The minimum atomic E-state index is -0.494. The van der Waals surface area contributed by atoms with Gasteiger partial charge < -0.3 is 10.6 Å². The van der Waals surface area contributed by atoms with Crippen LogP contribution in [0.1, 0.15) is 12.0 Å². The molecule has 7 heteroatoms. The van der Waals surface area contributed by atoms with E-state index in [0.717, 1.165) is 5.56 Å². The zero-order chi connectivity index (χ0) is 17.0. The first-order chi connectivity index (χ1) is 10.9. The normalized spacial score (nSPS) is 10.3. The molecule has 0 aliphatic heterocycles. The van der Waals surface area contributed by atoms with Crippen LogP contribution in [0.2, 0.25) is 15.1 Å². The summed E-state index contributed by atoms with van der Waals surface area (Å²) in [6, 6.07) is 9.99. The monoisotopic (exact) mass is 370 g/mol. The standard InChI is InChI=1S/C16H13Cl3N2O2/c1-9-5-6-10(17)7-13(9)21-15(23)8-14(22)20-12-4-2-3-11(18)16(12)19/h2-7H,8H2,1H3,(H,20,22)(H,21,23). The summed E-state index contributed by atoms with van der Waals surface area (Å²) in [5.74, 6) is -0.947. The van der Waals surface area contributed by atoms with Gasteiger partial charge in [-0.25, -0.2) is 0 Å². The summed E-state index contributed by atoms with van der Waals surface area (Å²) in [5, 5.41) is 6.26. The SMILES string of the molecule is Cc1ccc(Cl)cc1NC(=O)CC(=O)Nc1cccc(Cl)c1Cl. The molecule has 4 nitrogen and oxygen atoms in total. The van der Waals surface area contributed by atoms with E-state index in [1.165, 1.54) is 0 Å². The van der Waals surface area contributed by atoms with Crippen molar-refractivity contribution in [3.63, 3.8) is 0 Å². The summed E-state index contributed by atoms with van der Waals surface area (Å²) in [5.41, 5.74) is 1.77. The van der Waals surface area contributed by atoms with Crippen LogP contribution in [-0.4, -0.2) is 11.8 Å². The lowest BCUT2D eigenvalue weighted by Crippen LogP contribution is -2.21. The van der Waals surface area contributed by atoms with Crippen LogP contribution >= 0.6 is 34.8 Å². The summed E-state index contributed by atoms with van der Waals surface area (Å²) < 4.78 is 0. The molecule has 0 heterocycles. The Morgan fingerprint density at radius 3 is 2.30 bits per heavy atom. The number of halogens is 3. The molecular formula is C16H13Cl3N2O2. The number of hydrogen-bond donors (Lipinski definition) is 2. The fourth-order valence-electron chi connectivity index (χ4n) is 1.86. The first-order valence-electron chi connectivity index (χ1n) is 6.66. The van der Waals surface area contributed by atoms with Crippen LogP contribution in [0.4, 0.5) is 11.4 Å². The fraction of sp³-hybridized carbons (Fsp3) is 0.125. The third-order valence-electron chi connectivity index (χ3n) is 3.02. The van der Waals surface area contributed by atoms with Crippen molar-refractivity contribution in [3.05, 3.63) is 57.0 Å². The van der Waals surface area contributed by atoms with E-state index in [4.69, 9.17) is 34.8 Å². The molecule has 23 heavy (non-hydrogen) atoms. The Bertz CT molecular complexity index is 749. The van der Waals surface area contributed by atoms with Crippen molar-refractivity contribution in [1.82, 2.24) is 0 Å². The van der Waals surface area contributed by atoms with Gasteiger partial charge in [0.05, 0.1) is 15.7 Å². The predicted molar refractivity (Wildman–Crippen MR) is 94.5 cm³/mol. The van der Waals surface area contributed by atoms with Crippen LogP contribution in [0, 0.1) is 6.92 Å². The van der Waals surface area contributed by atoms with E-state index in [2.05, 4.69) is 10.6 Å². The molecule has 0 fully saturated rings. The van der Waals surface area contributed by atoms with Gasteiger partial charge >= 0.3 is 0 Å². The van der Waals surface area contributed by atoms with Crippen LogP contribution < -0.4 is 10.6 Å². The van der Waals surface area contributed by atoms with E-state index in [1.807, 2.05) is 6.92 Å². The van der Waals surface area contributed by atoms with Crippen LogP contribution in [0.15, 0.2) is 36.4 Å². The summed E-state index contributed by atoms with van der Waals surface area (Å²) >= 11 is 17.7. The van der Waals surface area contributed by atoms with E-state index >= 15 is 0 Å². The molecule has 2 aromatic carbocycles. The maximum Gasteiger partial charge on any atom is 0.233 e. The average Bonchev–Trinajstić information content (AvgIpc) is 2.47. The summed E-state index contributed by atoms with van der Waals surface area (Å²) in [6.07, 6.45) is -0.352. The van der Waals surface area contributed by atoms with Gasteiger partial charge in [0.25, 0.3) is 0 Å². The zero-order valence-corrected chi connectivity index (χ0v) is 14.4. The smallest absolute Gasteiger partial charge is 0.233 e. The van der Waals surface area contributed by atoms with Crippen molar-refractivity contribution in [1.29, 1.82) is 0 Å². The molecule has 0 aromatic heterocycles. The van der Waals surface area contributed by atoms with Gasteiger partial charge in [-0.2, -0.15) is 0 Å². The third kappa shape index (κ3) is 4.86. The van der Waals surface area contributed by atoms with Crippen LogP contribution in [0.25, 0.3) is 0 Å². The summed E-state index contributed by atoms with van der Waals surface area (Å²) in [6.45, 7) is 1.83. The second-order valence-electron chi connectivity index (χ2n) is 4.83. The van der Waals surface area contributed by atoms with Crippen molar-refractivity contribution >= 4 is 58.0 Å². The molecule has 0 aliphatic carbocycles. The Hall–Kier alpha value is -1.75. The number of rotatable bonds is 4. The number of aryl methyl sites for hydroxylation is 1. The Kier molecular flexibility index (Phi) is 5.88. The van der Waals surface area contributed by atoms with E-state index in [9.17, 15) is 9.59 Å². The van der Waals surface area contributed by atoms with Gasteiger partial charge in [-0.05, 0) is 36.8 Å². The fourth-order valence-corrected chi connectivity index (χ4v) is 2.38. The second-order valence-corrected chi connectivity index (χ2v) is 6.06. The minimum absolute atomic E-state index is 0.230. The Labute approximate surface area is 148 Å². The van der Waals surface area contributed by atoms with Crippen LogP contribution in [0.5, 0.6) is 0 Å². The van der Waals surface area contributed by atoms with Gasteiger partial charge in [0.15, 0.2) is 0 Å². The van der Waals surface area contributed by atoms with Gasteiger partial charge in [0.1, 0.15) is 6.42 Å². The third-order valence-corrected chi connectivity index (χ3v) is 4.07. The molecule has 0 saturated carbocycles. The molecule has 2 amide bonds. The molecule has 2 N–H and O–H groups in total. The lowest BCUT2D eigenvalue weighted by Gasteiger charge is -2.10. The van der Waals surface area contributed by atoms with Crippen LogP contribution in [0.3, 0.4) is 0 Å². The highest BCUT2D eigenvalue weighted by Gasteiger charge is 2.13. The molecule has 2 rings (SSSR count). The second kappa shape index (κ2) is 7.68. The van der Waals surface area contributed by atoms with E-state index in [-0.39, 0.29) is 11.4 Å². The lowest BCUT2D eigenvalue weighted by atomic mass is 10.2. The summed E-state index contributed by atoms with van der Waals surface area (Å²) in [4.78, 5) is 23.9. The van der Waals surface area contributed by atoms with Crippen molar-refractivity contribution < 1.29 is 9.59 Å². The van der Waals surface area contributed by atoms with Crippen LogP contribution in [-0.2, 0) is 9.59 Å². The quantitative estimate of drug-likeness (QED) is 0.749. The number of carbonyl (C=O) groups excluding carboxylic acids is 2. The first-order valence-corrected chi connectivity index (χ1v) is 7.80. The van der Waals surface area contributed by atoms with E-state index in [0.29, 0.717) is 21.4 Å². The zero-order valence-electron chi connectivity index (χ0n) is 12.1. The maximum absolute atomic E-state index is 12.0. The van der Waals surface area contributed by atoms with Gasteiger partial charge in [0.2, 0.25) is 11.8 Å². The van der Waals surface area contributed by atoms with Gasteiger partial charge in [0, 0.05) is 10.7 Å². The van der Waals surface area contributed by atoms with Gasteiger partial charge in [-0.1, -0.05) is 46.9 Å². The molecule has 2 aromatic rings.